The van der Waals surface area contributed by atoms with Crippen LogP contribution in [0.15, 0.2) is 71.6 Å². The van der Waals surface area contributed by atoms with Gasteiger partial charge in [-0.25, -0.2) is 0 Å². The molecule has 0 fully saturated rings. The van der Waals surface area contributed by atoms with Crippen LogP contribution >= 0.6 is 11.8 Å². The molecule has 3 nitrogen and oxygen atoms in total. The van der Waals surface area contributed by atoms with Gasteiger partial charge >= 0.3 is 0 Å². The number of ketones is 1. The van der Waals surface area contributed by atoms with E-state index < -0.39 is 0 Å². The van der Waals surface area contributed by atoms with Gasteiger partial charge in [0.05, 0.1) is 5.69 Å². The van der Waals surface area contributed by atoms with Crippen LogP contribution in [-0.4, -0.2) is 17.9 Å². The first-order valence-electron chi connectivity index (χ1n) is 8.88. The molecule has 27 heavy (non-hydrogen) atoms. The number of hydrogen-bond acceptors (Lipinski definition) is 3. The van der Waals surface area contributed by atoms with E-state index in [9.17, 15) is 9.59 Å². The van der Waals surface area contributed by atoms with E-state index in [-0.39, 0.29) is 11.7 Å². The van der Waals surface area contributed by atoms with Crippen molar-refractivity contribution in [3.8, 4) is 11.1 Å². The fourth-order valence-corrected chi connectivity index (χ4v) is 4.21. The number of amides is 1. The van der Waals surface area contributed by atoms with Crippen molar-refractivity contribution >= 4 is 29.1 Å². The molecule has 0 saturated carbocycles. The molecule has 1 aliphatic carbocycles. The molecule has 0 unspecified atom stereocenters. The zero-order valence-electron chi connectivity index (χ0n) is 15.0. The zero-order valence-corrected chi connectivity index (χ0v) is 15.8. The van der Waals surface area contributed by atoms with Crippen LogP contribution in [-0.2, 0) is 6.42 Å². The molecule has 0 saturated heterocycles. The maximum atomic E-state index is 12.6. The number of carbonyl (C=O) groups is 2. The predicted molar refractivity (Wildman–Crippen MR) is 111 cm³/mol. The van der Waals surface area contributed by atoms with Crippen molar-refractivity contribution in [1.82, 2.24) is 0 Å². The minimum absolute atomic E-state index is 0.0943. The number of benzene rings is 3. The normalized spacial score (nSPS) is 12.7. The Kier molecular flexibility index (Phi) is 4.82. The van der Waals surface area contributed by atoms with E-state index in [1.165, 1.54) is 4.90 Å². The second kappa shape index (κ2) is 7.41. The quantitative estimate of drug-likeness (QED) is 0.618. The molecule has 0 atom stereocenters. The lowest BCUT2D eigenvalue weighted by atomic mass is 9.95. The summed E-state index contributed by atoms with van der Waals surface area (Å²) in [6.07, 6.45) is 3.25. The van der Waals surface area contributed by atoms with Gasteiger partial charge in [0, 0.05) is 22.4 Å². The molecule has 0 bridgehead atoms. The molecule has 0 spiro atoms. The average Bonchev–Trinajstić information content (AvgIpc) is 3.11. The summed E-state index contributed by atoms with van der Waals surface area (Å²) in [6.45, 7) is 0. The monoisotopic (exact) mass is 373 g/mol. The largest absolute Gasteiger partial charge is 0.321 e. The van der Waals surface area contributed by atoms with Crippen LogP contribution in [0.3, 0.4) is 0 Å². The third kappa shape index (κ3) is 3.28. The Balaban J connectivity index is 1.77. The summed E-state index contributed by atoms with van der Waals surface area (Å²) in [5.41, 5.74) is 5.09. The molecule has 0 radical (unpaired) electrons. The highest BCUT2D eigenvalue weighted by Crippen LogP contribution is 2.40. The van der Waals surface area contributed by atoms with Gasteiger partial charge < -0.3 is 5.32 Å². The van der Waals surface area contributed by atoms with E-state index in [2.05, 4.69) is 23.7 Å². The van der Waals surface area contributed by atoms with Gasteiger partial charge in [0.15, 0.2) is 5.78 Å². The van der Waals surface area contributed by atoms with Gasteiger partial charge in [-0.05, 0) is 53.6 Å². The van der Waals surface area contributed by atoms with Gasteiger partial charge in [0.25, 0.3) is 5.91 Å². The second-order valence-corrected chi connectivity index (χ2v) is 7.31. The number of Topliss-reactive ketones (excluding diaryl/α,β-unsaturated/α-hetero) is 1. The minimum atomic E-state index is -0.199. The van der Waals surface area contributed by atoms with Gasteiger partial charge in [-0.15, -0.1) is 11.8 Å². The Hall–Kier alpha value is -2.85. The van der Waals surface area contributed by atoms with E-state index in [0.29, 0.717) is 29.7 Å². The number of anilines is 1. The Bertz CT molecular complexity index is 1030. The van der Waals surface area contributed by atoms with Gasteiger partial charge in [0.1, 0.15) is 0 Å². The van der Waals surface area contributed by atoms with E-state index in [1.54, 1.807) is 23.9 Å². The number of nitrogens with one attached hydrogen (secondary N) is 1. The SMILES string of the molecule is CSc1ccccc1-c1ccc(NC(=O)c2ccccc2)c2c1CCC2=O. The van der Waals surface area contributed by atoms with E-state index in [4.69, 9.17) is 0 Å². The molecule has 0 aliphatic heterocycles. The summed E-state index contributed by atoms with van der Waals surface area (Å²) >= 11 is 1.69. The van der Waals surface area contributed by atoms with Gasteiger partial charge in [0.2, 0.25) is 0 Å². The van der Waals surface area contributed by atoms with E-state index in [0.717, 1.165) is 16.7 Å². The molecule has 3 aromatic rings. The molecule has 1 aliphatic rings. The molecule has 4 rings (SSSR count). The molecular weight excluding hydrogens is 354 g/mol. The van der Waals surface area contributed by atoms with Gasteiger partial charge in [-0.3, -0.25) is 9.59 Å². The molecule has 1 N–H and O–H groups in total. The third-order valence-corrected chi connectivity index (χ3v) is 5.67. The van der Waals surface area contributed by atoms with Crippen LogP contribution < -0.4 is 5.32 Å². The van der Waals surface area contributed by atoms with Gasteiger partial charge in [-0.2, -0.15) is 0 Å². The topological polar surface area (TPSA) is 46.2 Å². The van der Waals surface area contributed by atoms with E-state index in [1.807, 2.05) is 42.5 Å². The summed E-state index contributed by atoms with van der Waals surface area (Å²) in [7, 11) is 0. The van der Waals surface area contributed by atoms with Crippen LogP contribution in [0, 0.1) is 0 Å². The van der Waals surface area contributed by atoms with Crippen molar-refractivity contribution in [2.75, 3.05) is 11.6 Å². The van der Waals surface area contributed by atoms with Crippen molar-refractivity contribution in [3.05, 3.63) is 83.4 Å². The lowest BCUT2D eigenvalue weighted by molar-refractivity contribution is 0.0995. The van der Waals surface area contributed by atoms with Crippen molar-refractivity contribution in [3.63, 3.8) is 0 Å². The molecule has 0 heterocycles. The highest BCUT2D eigenvalue weighted by Gasteiger charge is 2.27. The molecule has 3 aromatic carbocycles. The minimum Gasteiger partial charge on any atom is -0.321 e. The summed E-state index contributed by atoms with van der Waals surface area (Å²) in [5, 5.41) is 2.93. The first-order valence-corrected chi connectivity index (χ1v) is 10.1. The van der Waals surface area contributed by atoms with Gasteiger partial charge in [-0.1, -0.05) is 42.5 Å². The Morgan fingerprint density at radius 2 is 1.63 bits per heavy atom. The first kappa shape index (κ1) is 17.6. The van der Waals surface area contributed by atoms with Crippen LogP contribution in [0.5, 0.6) is 0 Å². The maximum absolute atomic E-state index is 12.6. The molecule has 134 valence electrons. The molecule has 1 amide bonds. The lowest BCUT2D eigenvalue weighted by Gasteiger charge is -2.15. The van der Waals surface area contributed by atoms with Crippen LogP contribution in [0.1, 0.15) is 32.7 Å². The van der Waals surface area contributed by atoms with Crippen LogP contribution in [0.25, 0.3) is 11.1 Å². The van der Waals surface area contributed by atoms with E-state index >= 15 is 0 Å². The fourth-order valence-electron chi connectivity index (χ4n) is 3.60. The number of fused-ring (bicyclic) bond motifs is 1. The number of thioether (sulfide) groups is 1. The lowest BCUT2D eigenvalue weighted by Crippen LogP contribution is -2.14. The number of hydrogen-bond donors (Lipinski definition) is 1. The Morgan fingerprint density at radius 3 is 2.41 bits per heavy atom. The third-order valence-electron chi connectivity index (χ3n) is 4.88. The van der Waals surface area contributed by atoms with Crippen molar-refractivity contribution in [2.24, 2.45) is 0 Å². The van der Waals surface area contributed by atoms with Crippen LogP contribution in [0.2, 0.25) is 0 Å². The summed E-state index contributed by atoms with van der Waals surface area (Å²) in [5.74, 6) is -0.105. The number of carbonyl (C=O) groups excluding carboxylic acids is 2. The predicted octanol–water partition coefficient (Wildman–Crippen LogP) is 5.46. The second-order valence-electron chi connectivity index (χ2n) is 6.46. The average molecular weight is 373 g/mol. The first-order chi connectivity index (χ1) is 13.2. The van der Waals surface area contributed by atoms with Crippen LogP contribution in [0.4, 0.5) is 5.69 Å². The Morgan fingerprint density at radius 1 is 0.889 bits per heavy atom. The summed E-state index contributed by atoms with van der Waals surface area (Å²) < 4.78 is 0. The summed E-state index contributed by atoms with van der Waals surface area (Å²) in [6, 6.07) is 21.2. The standard InChI is InChI=1S/C23H19NO2S/c1-27-21-10-6-5-9-17(21)16-11-13-19(22-18(16)12-14-20(22)25)24-23(26)15-7-3-2-4-8-15/h2-11,13H,12,14H2,1H3,(H,24,26). The highest BCUT2D eigenvalue weighted by atomic mass is 32.2. The smallest absolute Gasteiger partial charge is 0.255 e. The van der Waals surface area contributed by atoms with Crippen molar-refractivity contribution in [1.29, 1.82) is 0 Å². The Labute approximate surface area is 162 Å². The van der Waals surface area contributed by atoms with Crippen molar-refractivity contribution in [2.45, 2.75) is 17.7 Å². The molecular formula is C23H19NO2S. The summed E-state index contributed by atoms with van der Waals surface area (Å²) in [4.78, 5) is 26.3. The zero-order chi connectivity index (χ0) is 18.8. The molecule has 4 heteroatoms. The maximum Gasteiger partial charge on any atom is 0.255 e. The molecule has 0 aromatic heterocycles. The highest BCUT2D eigenvalue weighted by molar-refractivity contribution is 7.98. The number of rotatable bonds is 4. The van der Waals surface area contributed by atoms with Crippen molar-refractivity contribution < 1.29 is 9.59 Å². The fraction of sp³-hybridized carbons (Fsp3) is 0.130.